The van der Waals surface area contributed by atoms with Crippen molar-refractivity contribution in [3.63, 3.8) is 0 Å². The van der Waals surface area contributed by atoms with Crippen molar-refractivity contribution in [1.82, 2.24) is 0 Å². The van der Waals surface area contributed by atoms with Crippen LogP contribution in [-0.2, 0) is 14.8 Å². The zero-order valence-corrected chi connectivity index (χ0v) is 20.9. The number of ether oxygens (including phenoxy) is 2. The lowest BCUT2D eigenvalue weighted by Crippen LogP contribution is -2.13. The Bertz CT molecular complexity index is 1450. The monoisotopic (exact) mass is 495 g/mol. The molecule has 0 spiro atoms. The van der Waals surface area contributed by atoms with Gasteiger partial charge in [-0.25, -0.2) is 13.2 Å². The normalized spacial score (nSPS) is 11.6. The van der Waals surface area contributed by atoms with E-state index in [2.05, 4.69) is 11.6 Å². The molecule has 0 amide bonds. The number of carbonyl (C=O) groups is 1. The Morgan fingerprint density at radius 1 is 0.971 bits per heavy atom. The van der Waals surface area contributed by atoms with Gasteiger partial charge in [-0.05, 0) is 50.6 Å². The SMILES string of the molecule is CCCCCOC(=O)c1c(C)oc2c1cc(NS(=O)(=O)c1ccc(OCC)cc1)c1ccccc12. The van der Waals surface area contributed by atoms with Crippen LogP contribution >= 0.6 is 0 Å². The third-order valence-electron chi connectivity index (χ3n) is 5.75. The number of unbranched alkanes of at least 4 members (excludes halogenated alkanes) is 2. The van der Waals surface area contributed by atoms with Crippen LogP contribution in [0, 0.1) is 6.92 Å². The van der Waals surface area contributed by atoms with E-state index in [1.165, 1.54) is 12.1 Å². The van der Waals surface area contributed by atoms with Gasteiger partial charge in [0.25, 0.3) is 10.0 Å². The van der Waals surface area contributed by atoms with Crippen molar-refractivity contribution in [3.8, 4) is 5.75 Å². The summed E-state index contributed by atoms with van der Waals surface area (Å²) in [4.78, 5) is 13.0. The van der Waals surface area contributed by atoms with Crippen molar-refractivity contribution in [2.45, 2.75) is 44.9 Å². The fourth-order valence-corrected chi connectivity index (χ4v) is 5.12. The number of rotatable bonds is 10. The lowest BCUT2D eigenvalue weighted by molar-refractivity contribution is 0.0498. The van der Waals surface area contributed by atoms with E-state index in [9.17, 15) is 13.2 Å². The molecule has 0 atom stereocenters. The van der Waals surface area contributed by atoms with Crippen LogP contribution in [0.1, 0.15) is 49.2 Å². The number of carbonyl (C=O) groups excluding carboxylic acids is 1. The number of anilines is 1. The summed E-state index contributed by atoms with van der Waals surface area (Å²) in [7, 11) is -3.90. The molecule has 4 rings (SSSR count). The number of esters is 1. The van der Waals surface area contributed by atoms with Crippen molar-refractivity contribution in [2.75, 3.05) is 17.9 Å². The highest BCUT2D eigenvalue weighted by Crippen LogP contribution is 2.37. The molecule has 3 aromatic carbocycles. The van der Waals surface area contributed by atoms with Crippen molar-refractivity contribution >= 4 is 43.4 Å². The van der Waals surface area contributed by atoms with Crippen LogP contribution in [0.25, 0.3) is 21.7 Å². The molecule has 0 saturated heterocycles. The Labute approximate surface area is 205 Å². The number of benzene rings is 3. The fraction of sp³-hybridized carbons (Fsp3) is 0.296. The number of hydrogen-bond donors (Lipinski definition) is 1. The molecular formula is C27H29NO6S. The molecule has 0 aliphatic heterocycles. The van der Waals surface area contributed by atoms with Gasteiger partial charge in [-0.3, -0.25) is 4.72 Å². The van der Waals surface area contributed by atoms with Gasteiger partial charge >= 0.3 is 5.97 Å². The Balaban J connectivity index is 1.76. The van der Waals surface area contributed by atoms with Crippen LogP contribution in [0.2, 0.25) is 0 Å². The third kappa shape index (κ3) is 5.12. The van der Waals surface area contributed by atoms with Crippen LogP contribution in [0.15, 0.2) is 63.9 Å². The van der Waals surface area contributed by atoms with Gasteiger partial charge in [0.05, 0.1) is 23.8 Å². The average Bonchev–Trinajstić information content (AvgIpc) is 3.18. The van der Waals surface area contributed by atoms with E-state index in [0.29, 0.717) is 57.7 Å². The third-order valence-corrected chi connectivity index (χ3v) is 7.13. The average molecular weight is 496 g/mol. The summed E-state index contributed by atoms with van der Waals surface area (Å²) in [6, 6.07) is 15.2. The predicted octanol–water partition coefficient (Wildman–Crippen LogP) is 6.44. The number of sulfonamides is 1. The molecule has 1 heterocycles. The topological polar surface area (TPSA) is 94.8 Å². The van der Waals surface area contributed by atoms with Crippen LogP contribution in [0.3, 0.4) is 0 Å². The maximum absolute atomic E-state index is 13.2. The molecule has 0 saturated carbocycles. The molecule has 0 radical (unpaired) electrons. The molecule has 4 aromatic rings. The van der Waals surface area contributed by atoms with Crippen molar-refractivity contribution < 1.29 is 27.1 Å². The van der Waals surface area contributed by atoms with Crippen molar-refractivity contribution in [2.24, 2.45) is 0 Å². The first-order valence-corrected chi connectivity index (χ1v) is 13.2. The number of hydrogen-bond acceptors (Lipinski definition) is 6. The van der Waals surface area contributed by atoms with Gasteiger partial charge in [0.15, 0.2) is 0 Å². The second kappa shape index (κ2) is 10.4. The van der Waals surface area contributed by atoms with Crippen LogP contribution in [-0.4, -0.2) is 27.6 Å². The summed E-state index contributed by atoms with van der Waals surface area (Å²) in [5, 5.41) is 1.86. The molecule has 35 heavy (non-hydrogen) atoms. The molecular weight excluding hydrogens is 466 g/mol. The molecule has 184 valence electrons. The minimum absolute atomic E-state index is 0.101. The van der Waals surface area contributed by atoms with Gasteiger partial charge in [0.2, 0.25) is 0 Å². The second-order valence-corrected chi connectivity index (χ2v) is 9.91. The summed E-state index contributed by atoms with van der Waals surface area (Å²) >= 11 is 0. The van der Waals surface area contributed by atoms with Gasteiger partial charge in [-0.2, -0.15) is 0 Å². The maximum atomic E-state index is 13.2. The van der Waals surface area contributed by atoms with Gasteiger partial charge < -0.3 is 13.9 Å². The highest BCUT2D eigenvalue weighted by atomic mass is 32.2. The molecule has 0 aliphatic carbocycles. The summed E-state index contributed by atoms with van der Waals surface area (Å²) in [5.74, 6) is 0.541. The van der Waals surface area contributed by atoms with Gasteiger partial charge in [0, 0.05) is 16.2 Å². The van der Waals surface area contributed by atoms with E-state index >= 15 is 0 Å². The zero-order chi connectivity index (χ0) is 25.0. The molecule has 0 fully saturated rings. The van der Waals surface area contributed by atoms with Crippen LogP contribution in [0.5, 0.6) is 5.75 Å². The van der Waals surface area contributed by atoms with Gasteiger partial charge in [0.1, 0.15) is 22.7 Å². The Hall–Kier alpha value is -3.52. The van der Waals surface area contributed by atoms with Gasteiger partial charge in [-0.15, -0.1) is 0 Å². The quantitative estimate of drug-likeness (QED) is 0.201. The first-order chi connectivity index (χ1) is 16.9. The summed E-state index contributed by atoms with van der Waals surface area (Å²) in [6.45, 7) is 6.46. The standard InChI is InChI=1S/C27H29NO6S/c1-4-6-9-16-33-27(29)25-18(3)34-26-22-11-8-7-10-21(22)24(17-23(25)26)28-35(30,31)20-14-12-19(13-15-20)32-5-2/h7-8,10-15,17,28H,4-6,9,16H2,1-3H3. The second-order valence-electron chi connectivity index (χ2n) is 8.23. The molecule has 8 heteroatoms. The highest BCUT2D eigenvalue weighted by molar-refractivity contribution is 7.92. The maximum Gasteiger partial charge on any atom is 0.342 e. The minimum atomic E-state index is -3.90. The lowest BCUT2D eigenvalue weighted by Gasteiger charge is -2.12. The number of fused-ring (bicyclic) bond motifs is 3. The van der Waals surface area contributed by atoms with Crippen molar-refractivity contribution in [3.05, 3.63) is 65.9 Å². The lowest BCUT2D eigenvalue weighted by atomic mass is 10.0. The summed E-state index contributed by atoms with van der Waals surface area (Å²) < 4.78 is 46.0. The summed E-state index contributed by atoms with van der Waals surface area (Å²) in [6.07, 6.45) is 2.78. The zero-order valence-electron chi connectivity index (χ0n) is 20.1. The fourth-order valence-electron chi connectivity index (χ4n) is 4.05. The Morgan fingerprint density at radius 2 is 1.69 bits per heavy atom. The first kappa shape index (κ1) is 24.6. The number of nitrogens with one attached hydrogen (secondary N) is 1. The molecule has 7 nitrogen and oxygen atoms in total. The van der Waals surface area contributed by atoms with Crippen LogP contribution < -0.4 is 9.46 Å². The van der Waals surface area contributed by atoms with E-state index in [4.69, 9.17) is 13.9 Å². The van der Waals surface area contributed by atoms with E-state index in [1.54, 1.807) is 25.1 Å². The minimum Gasteiger partial charge on any atom is -0.494 e. The Kier molecular flexibility index (Phi) is 7.31. The molecule has 0 bridgehead atoms. The van der Waals surface area contributed by atoms with E-state index in [-0.39, 0.29) is 4.90 Å². The smallest absolute Gasteiger partial charge is 0.342 e. The summed E-state index contributed by atoms with van der Waals surface area (Å²) in [5.41, 5.74) is 1.18. The number of aryl methyl sites for hydroxylation is 1. The van der Waals surface area contributed by atoms with E-state index in [0.717, 1.165) is 19.3 Å². The molecule has 1 aromatic heterocycles. The van der Waals surface area contributed by atoms with Gasteiger partial charge in [-0.1, -0.05) is 44.0 Å². The molecule has 0 aliphatic rings. The largest absolute Gasteiger partial charge is 0.494 e. The van der Waals surface area contributed by atoms with Crippen LogP contribution in [0.4, 0.5) is 5.69 Å². The number of furan rings is 1. The van der Waals surface area contributed by atoms with E-state index in [1.807, 2.05) is 31.2 Å². The Morgan fingerprint density at radius 3 is 2.37 bits per heavy atom. The van der Waals surface area contributed by atoms with Crippen molar-refractivity contribution in [1.29, 1.82) is 0 Å². The molecule has 0 unspecified atom stereocenters. The highest BCUT2D eigenvalue weighted by Gasteiger charge is 2.24. The first-order valence-electron chi connectivity index (χ1n) is 11.7. The van der Waals surface area contributed by atoms with E-state index < -0.39 is 16.0 Å². The predicted molar refractivity (Wildman–Crippen MR) is 137 cm³/mol. The molecule has 1 N–H and O–H groups in total.